The lowest BCUT2D eigenvalue weighted by atomic mass is 9.97. The summed E-state index contributed by atoms with van der Waals surface area (Å²) in [6, 6.07) is 13.1. The van der Waals surface area contributed by atoms with Gasteiger partial charge in [0.15, 0.2) is 0 Å². The lowest BCUT2D eigenvalue weighted by Crippen LogP contribution is -1.96. The third-order valence-electron chi connectivity index (χ3n) is 3.60. The molecule has 4 nitrogen and oxygen atoms in total. The normalized spacial score (nSPS) is 11.1. The highest BCUT2D eigenvalue weighted by Gasteiger charge is 2.18. The molecule has 2 N–H and O–H groups in total. The zero-order valence-electron chi connectivity index (χ0n) is 13.0. The van der Waals surface area contributed by atoms with Crippen LogP contribution in [0.4, 0.5) is 0 Å². The third-order valence-corrected chi connectivity index (χ3v) is 4.38. The predicted octanol–water partition coefficient (Wildman–Crippen LogP) is 4.48. The maximum absolute atomic E-state index is 10.3. The molecule has 0 amide bonds. The van der Waals surface area contributed by atoms with Crippen LogP contribution in [0.5, 0.6) is 11.5 Å². The summed E-state index contributed by atoms with van der Waals surface area (Å²) in [5.41, 5.74) is 3.06. The van der Waals surface area contributed by atoms with E-state index in [1.54, 1.807) is 0 Å². The van der Waals surface area contributed by atoms with Gasteiger partial charge in [-0.2, -0.15) is 0 Å². The average molecular weight is 326 g/mol. The Morgan fingerprint density at radius 1 is 1.04 bits per heavy atom. The fourth-order valence-electron chi connectivity index (χ4n) is 2.56. The Kier molecular flexibility index (Phi) is 4.30. The fourth-order valence-corrected chi connectivity index (χ4v) is 3.24. The van der Waals surface area contributed by atoms with Gasteiger partial charge in [0, 0.05) is 11.6 Å². The van der Waals surface area contributed by atoms with Gasteiger partial charge < -0.3 is 10.2 Å². The van der Waals surface area contributed by atoms with Crippen LogP contribution in [-0.4, -0.2) is 19.8 Å². The number of hydrogen-bond donors (Lipinski definition) is 2. The molecule has 0 aliphatic heterocycles. The van der Waals surface area contributed by atoms with Crippen LogP contribution in [0.3, 0.4) is 0 Å². The van der Waals surface area contributed by atoms with Gasteiger partial charge in [0.25, 0.3) is 0 Å². The molecular weight excluding hydrogens is 308 g/mol. The average Bonchev–Trinajstić information content (AvgIpc) is 3.00. The quantitative estimate of drug-likeness (QED) is 0.742. The minimum Gasteiger partial charge on any atom is -0.508 e. The Morgan fingerprint density at radius 3 is 2.48 bits per heavy atom. The first kappa shape index (κ1) is 15.5. The monoisotopic (exact) mass is 326 g/mol. The van der Waals surface area contributed by atoms with E-state index in [1.165, 1.54) is 17.6 Å². The minimum atomic E-state index is 0.0138. The van der Waals surface area contributed by atoms with E-state index in [1.807, 2.05) is 36.4 Å². The molecule has 23 heavy (non-hydrogen) atoms. The standard InChI is InChI=1S/C18H18N2O2S/c1-11(2)8-13-9-14(16(22)10-15(13)21)17-18(23-20-19-17)12-6-4-3-5-7-12/h3-7,9-11,21-22H,8H2,1-2H3. The number of aromatic hydroxyl groups is 2. The van der Waals surface area contributed by atoms with Crippen LogP contribution in [0.15, 0.2) is 42.5 Å². The van der Waals surface area contributed by atoms with Crippen molar-refractivity contribution in [2.75, 3.05) is 0 Å². The van der Waals surface area contributed by atoms with Crippen LogP contribution in [0.2, 0.25) is 0 Å². The lowest BCUT2D eigenvalue weighted by molar-refractivity contribution is 0.443. The second-order valence-corrected chi connectivity index (χ2v) is 6.67. The van der Waals surface area contributed by atoms with E-state index >= 15 is 0 Å². The summed E-state index contributed by atoms with van der Waals surface area (Å²) in [5.74, 6) is 0.532. The van der Waals surface area contributed by atoms with Gasteiger partial charge in [0.2, 0.25) is 0 Å². The number of nitrogens with zero attached hydrogens (tertiary/aromatic N) is 2. The molecule has 3 aromatic rings. The van der Waals surface area contributed by atoms with Crippen LogP contribution in [-0.2, 0) is 6.42 Å². The highest BCUT2D eigenvalue weighted by molar-refractivity contribution is 7.09. The predicted molar refractivity (Wildman–Crippen MR) is 92.7 cm³/mol. The summed E-state index contributed by atoms with van der Waals surface area (Å²) in [6.07, 6.45) is 0.733. The summed E-state index contributed by atoms with van der Waals surface area (Å²) < 4.78 is 4.05. The molecule has 0 spiro atoms. The minimum absolute atomic E-state index is 0.0138. The van der Waals surface area contributed by atoms with Crippen molar-refractivity contribution in [3.8, 4) is 33.2 Å². The van der Waals surface area contributed by atoms with Crippen LogP contribution in [0.1, 0.15) is 19.4 Å². The van der Waals surface area contributed by atoms with Crippen LogP contribution < -0.4 is 0 Å². The number of hydrogen-bond acceptors (Lipinski definition) is 5. The molecule has 0 bridgehead atoms. The summed E-state index contributed by atoms with van der Waals surface area (Å²) in [6.45, 7) is 4.18. The van der Waals surface area contributed by atoms with E-state index in [2.05, 4.69) is 23.4 Å². The lowest BCUT2D eigenvalue weighted by Gasteiger charge is -2.11. The smallest absolute Gasteiger partial charge is 0.128 e. The van der Waals surface area contributed by atoms with Crippen LogP contribution in [0, 0.1) is 5.92 Å². The summed E-state index contributed by atoms with van der Waals surface area (Å²) >= 11 is 1.30. The Balaban J connectivity index is 2.11. The van der Waals surface area contributed by atoms with Gasteiger partial charge >= 0.3 is 0 Å². The van der Waals surface area contributed by atoms with E-state index in [4.69, 9.17) is 0 Å². The number of rotatable bonds is 4. The molecular formula is C18H18N2O2S. The summed E-state index contributed by atoms with van der Waals surface area (Å²) in [4.78, 5) is 0.905. The Bertz CT molecular complexity index is 813. The van der Waals surface area contributed by atoms with Crippen molar-refractivity contribution in [3.63, 3.8) is 0 Å². The molecule has 3 rings (SSSR count). The maximum atomic E-state index is 10.3. The molecule has 0 fully saturated rings. The summed E-state index contributed by atoms with van der Waals surface area (Å²) in [7, 11) is 0. The van der Waals surface area contributed by atoms with Crippen LogP contribution >= 0.6 is 11.5 Å². The number of phenols is 2. The Morgan fingerprint density at radius 2 is 1.78 bits per heavy atom. The molecule has 0 saturated carbocycles. The van der Waals surface area contributed by atoms with Crippen molar-refractivity contribution < 1.29 is 10.2 Å². The van der Waals surface area contributed by atoms with Crippen molar-refractivity contribution in [2.24, 2.45) is 5.92 Å². The van der Waals surface area contributed by atoms with Gasteiger partial charge in [0.05, 0.1) is 4.88 Å². The first-order valence-corrected chi connectivity index (χ1v) is 8.26. The molecule has 0 aliphatic rings. The van der Waals surface area contributed by atoms with E-state index in [9.17, 15) is 10.2 Å². The molecule has 0 unspecified atom stereocenters. The SMILES string of the molecule is CC(C)Cc1cc(-c2nnsc2-c2ccccc2)c(O)cc1O. The van der Waals surface area contributed by atoms with E-state index < -0.39 is 0 Å². The van der Waals surface area contributed by atoms with Crippen LogP contribution in [0.25, 0.3) is 21.7 Å². The van der Waals surface area contributed by atoms with Crippen molar-refractivity contribution in [2.45, 2.75) is 20.3 Å². The largest absolute Gasteiger partial charge is 0.508 e. The zero-order chi connectivity index (χ0) is 16.4. The molecule has 1 heterocycles. The van der Waals surface area contributed by atoms with Crippen molar-refractivity contribution in [1.82, 2.24) is 9.59 Å². The molecule has 2 aromatic carbocycles. The summed E-state index contributed by atoms with van der Waals surface area (Å²) in [5, 5.41) is 24.5. The van der Waals surface area contributed by atoms with Gasteiger partial charge in [-0.05, 0) is 41.1 Å². The second-order valence-electron chi connectivity index (χ2n) is 5.91. The van der Waals surface area contributed by atoms with E-state index in [0.29, 0.717) is 17.2 Å². The highest BCUT2D eigenvalue weighted by Crippen LogP contribution is 2.40. The third kappa shape index (κ3) is 3.19. The topological polar surface area (TPSA) is 66.2 Å². The highest BCUT2D eigenvalue weighted by atomic mass is 32.1. The molecule has 0 saturated heterocycles. The molecule has 0 atom stereocenters. The zero-order valence-corrected chi connectivity index (χ0v) is 13.8. The molecule has 1 aromatic heterocycles. The van der Waals surface area contributed by atoms with Gasteiger partial charge in [-0.25, -0.2) is 0 Å². The van der Waals surface area contributed by atoms with E-state index in [-0.39, 0.29) is 11.5 Å². The number of phenolic OH excluding ortho intramolecular Hbond substituents is 2. The van der Waals surface area contributed by atoms with Crippen molar-refractivity contribution in [3.05, 3.63) is 48.0 Å². The molecule has 0 aliphatic carbocycles. The first-order valence-electron chi connectivity index (χ1n) is 7.49. The van der Waals surface area contributed by atoms with Gasteiger partial charge in [0.1, 0.15) is 17.2 Å². The molecule has 118 valence electrons. The van der Waals surface area contributed by atoms with Crippen molar-refractivity contribution >= 4 is 11.5 Å². The Hall–Kier alpha value is -2.40. The maximum Gasteiger partial charge on any atom is 0.128 e. The van der Waals surface area contributed by atoms with Gasteiger partial charge in [-0.15, -0.1) is 5.10 Å². The molecule has 5 heteroatoms. The Labute approximate surface area is 139 Å². The number of aromatic nitrogens is 2. The second kappa shape index (κ2) is 6.38. The van der Waals surface area contributed by atoms with Gasteiger partial charge in [-0.3, -0.25) is 0 Å². The van der Waals surface area contributed by atoms with E-state index in [0.717, 1.165) is 22.4 Å². The molecule has 0 radical (unpaired) electrons. The fraction of sp³-hybridized carbons (Fsp3) is 0.222. The first-order chi connectivity index (χ1) is 11.1. The number of benzene rings is 2. The van der Waals surface area contributed by atoms with Crippen molar-refractivity contribution in [1.29, 1.82) is 0 Å². The van der Waals surface area contributed by atoms with Gasteiger partial charge in [-0.1, -0.05) is 48.7 Å².